The van der Waals surface area contributed by atoms with E-state index in [1.54, 1.807) is 0 Å². The van der Waals surface area contributed by atoms with Crippen LogP contribution in [0, 0.1) is 23.7 Å². The lowest BCUT2D eigenvalue weighted by Crippen LogP contribution is -2.08. The molecular formula is C26H62N2O. The smallest absolute Gasteiger partial charge is 0.0431 e. The molecule has 0 heterocycles. The van der Waals surface area contributed by atoms with Crippen LogP contribution in [0.3, 0.4) is 0 Å². The second kappa shape index (κ2) is 32.5. The molecule has 0 aromatic heterocycles. The van der Waals surface area contributed by atoms with Gasteiger partial charge in [-0.1, -0.05) is 81.6 Å². The first kappa shape index (κ1) is 36.3. The fraction of sp³-hybridized carbons (Fsp3) is 1.00. The van der Waals surface area contributed by atoms with Crippen LogP contribution in [0.5, 0.6) is 0 Å². The Morgan fingerprint density at radius 1 is 0.655 bits per heavy atom. The summed E-state index contributed by atoms with van der Waals surface area (Å²) in [7, 11) is 2.00. The van der Waals surface area contributed by atoms with E-state index in [-0.39, 0.29) is 0 Å². The maximum absolute atomic E-state index is 8.32. The van der Waals surface area contributed by atoms with Gasteiger partial charge < -0.3 is 16.2 Å². The van der Waals surface area contributed by atoms with Gasteiger partial charge in [0.15, 0.2) is 0 Å². The van der Waals surface area contributed by atoms with Crippen LogP contribution in [-0.4, -0.2) is 31.9 Å². The summed E-state index contributed by atoms with van der Waals surface area (Å²) in [5.74, 6) is 3.33. The third-order valence-corrected chi connectivity index (χ3v) is 4.27. The van der Waals surface area contributed by atoms with E-state index in [9.17, 15) is 0 Å². The van der Waals surface area contributed by atoms with Crippen LogP contribution >= 0.6 is 0 Å². The Labute approximate surface area is 187 Å². The van der Waals surface area contributed by atoms with Crippen molar-refractivity contribution in [3.05, 3.63) is 0 Å². The van der Waals surface area contributed by atoms with Crippen molar-refractivity contribution in [2.75, 3.05) is 26.7 Å². The number of nitrogens with two attached hydrogens (primary N) is 1. The zero-order chi connectivity index (χ0) is 23.5. The third-order valence-electron chi connectivity index (χ3n) is 4.27. The topological polar surface area (TPSA) is 58.3 Å². The van der Waals surface area contributed by atoms with Crippen molar-refractivity contribution in [2.45, 2.75) is 120 Å². The Hall–Kier alpha value is -0.120. The van der Waals surface area contributed by atoms with Crippen LogP contribution in [-0.2, 0) is 0 Å². The van der Waals surface area contributed by atoms with Crippen molar-refractivity contribution in [1.29, 1.82) is 0 Å². The van der Waals surface area contributed by atoms with Crippen molar-refractivity contribution >= 4 is 0 Å². The molecule has 3 nitrogen and oxygen atoms in total. The van der Waals surface area contributed by atoms with E-state index in [1.165, 1.54) is 44.9 Å². The Morgan fingerprint density at radius 2 is 1.03 bits per heavy atom. The van der Waals surface area contributed by atoms with Gasteiger partial charge in [0.1, 0.15) is 0 Å². The highest BCUT2D eigenvalue weighted by atomic mass is 16.2. The van der Waals surface area contributed by atoms with Crippen molar-refractivity contribution in [3.63, 3.8) is 0 Å². The summed E-state index contributed by atoms with van der Waals surface area (Å²) in [6.07, 6.45) is 11.4. The lowest BCUT2D eigenvalue weighted by molar-refractivity contribution is 0.276. The molecule has 0 aromatic carbocycles. The quantitative estimate of drug-likeness (QED) is 0.276. The Kier molecular flexibility index (Phi) is 40.7. The normalized spacial score (nSPS) is 10.3. The van der Waals surface area contributed by atoms with Gasteiger partial charge in [0.2, 0.25) is 0 Å². The van der Waals surface area contributed by atoms with Crippen molar-refractivity contribution < 1.29 is 5.11 Å². The lowest BCUT2D eigenvalue weighted by Gasteiger charge is -2.01. The Morgan fingerprint density at radius 3 is 1.24 bits per heavy atom. The van der Waals surface area contributed by atoms with E-state index in [4.69, 9.17) is 10.8 Å². The molecular weight excluding hydrogens is 356 g/mol. The molecule has 0 amide bonds. The number of nitrogens with one attached hydrogen (secondary N) is 1. The zero-order valence-electron chi connectivity index (χ0n) is 22.3. The van der Waals surface area contributed by atoms with Gasteiger partial charge in [-0.05, 0) is 82.3 Å². The highest BCUT2D eigenvalue weighted by molar-refractivity contribution is 4.46. The maximum Gasteiger partial charge on any atom is 0.0431 e. The molecule has 4 N–H and O–H groups in total. The number of hydrogen-bond acceptors (Lipinski definition) is 3. The van der Waals surface area contributed by atoms with E-state index < -0.39 is 0 Å². The molecule has 0 aliphatic rings. The molecule has 0 aliphatic carbocycles. The van der Waals surface area contributed by atoms with Gasteiger partial charge in [0.05, 0.1) is 0 Å². The number of unbranched alkanes of at least 4 members (excludes halogenated alkanes) is 1. The number of rotatable bonds is 13. The first-order chi connectivity index (χ1) is 13.6. The van der Waals surface area contributed by atoms with Crippen LogP contribution in [0.15, 0.2) is 0 Å². The predicted octanol–water partition coefficient (Wildman–Crippen LogP) is 7.27. The lowest BCUT2D eigenvalue weighted by atomic mass is 10.1. The highest BCUT2D eigenvalue weighted by Gasteiger charge is 1.91. The minimum absolute atomic E-state index is 0.345. The second-order valence-corrected chi connectivity index (χ2v) is 9.76. The van der Waals surface area contributed by atoms with Gasteiger partial charge in [-0.3, -0.25) is 0 Å². The van der Waals surface area contributed by atoms with Crippen molar-refractivity contribution in [3.8, 4) is 0 Å². The summed E-state index contributed by atoms with van der Waals surface area (Å²) >= 11 is 0. The van der Waals surface area contributed by atoms with Gasteiger partial charge >= 0.3 is 0 Å². The minimum Gasteiger partial charge on any atom is -0.396 e. The minimum atomic E-state index is 0.345. The monoisotopic (exact) mass is 418 g/mol. The molecule has 0 aromatic rings. The Bertz CT molecular complexity index is 212. The van der Waals surface area contributed by atoms with Crippen LogP contribution in [0.4, 0.5) is 0 Å². The molecule has 182 valence electrons. The standard InChI is InChI=1S/C7H17N.C7H16.C6H15N.C6H14O/c1-7(2)5-4-6-8-3;1-4-5-6-7(2)3;2*1-6(2)4-3-5-7/h7-8H,4-6H2,1-3H3;7H,4-6H2,1-3H3;6H,3-5,7H2,1-2H3;6-7H,3-5H2,1-2H3. The molecule has 0 fully saturated rings. The molecule has 3 heteroatoms. The summed E-state index contributed by atoms with van der Waals surface area (Å²) in [5, 5.41) is 11.4. The largest absolute Gasteiger partial charge is 0.396 e. The molecule has 29 heavy (non-hydrogen) atoms. The molecule has 0 unspecified atom stereocenters. The average Bonchev–Trinajstić information content (AvgIpc) is 2.64. The summed E-state index contributed by atoms with van der Waals surface area (Å²) < 4.78 is 0. The van der Waals surface area contributed by atoms with Crippen molar-refractivity contribution in [1.82, 2.24) is 5.32 Å². The van der Waals surface area contributed by atoms with E-state index in [0.717, 1.165) is 49.6 Å². The van der Waals surface area contributed by atoms with Crippen LogP contribution in [0.25, 0.3) is 0 Å². The molecule has 0 radical (unpaired) electrons. The van der Waals surface area contributed by atoms with E-state index >= 15 is 0 Å². The first-order valence-electron chi connectivity index (χ1n) is 12.5. The second-order valence-electron chi connectivity index (χ2n) is 9.76. The van der Waals surface area contributed by atoms with Crippen LogP contribution < -0.4 is 11.1 Å². The van der Waals surface area contributed by atoms with E-state index in [2.05, 4.69) is 67.6 Å². The maximum atomic E-state index is 8.32. The highest BCUT2D eigenvalue weighted by Crippen LogP contribution is 2.04. The summed E-state index contributed by atoms with van der Waals surface area (Å²) in [6, 6.07) is 0. The fourth-order valence-corrected chi connectivity index (χ4v) is 2.33. The third kappa shape index (κ3) is 65.5. The molecule has 0 atom stereocenters. The molecule has 0 bridgehead atoms. The number of aliphatic hydroxyl groups excluding tert-OH is 1. The first-order valence-corrected chi connectivity index (χ1v) is 12.5. The van der Waals surface area contributed by atoms with Gasteiger partial charge in [0.25, 0.3) is 0 Å². The number of aliphatic hydroxyl groups is 1. The van der Waals surface area contributed by atoms with Gasteiger partial charge in [-0.25, -0.2) is 0 Å². The summed E-state index contributed by atoms with van der Waals surface area (Å²) in [4.78, 5) is 0. The molecule has 0 rings (SSSR count). The fourth-order valence-electron chi connectivity index (χ4n) is 2.33. The van der Waals surface area contributed by atoms with Crippen molar-refractivity contribution in [2.24, 2.45) is 29.4 Å². The zero-order valence-corrected chi connectivity index (χ0v) is 22.3. The number of hydrogen-bond donors (Lipinski definition) is 3. The van der Waals surface area contributed by atoms with Crippen LogP contribution in [0.2, 0.25) is 0 Å². The summed E-state index contributed by atoms with van der Waals surface area (Å²) in [5.41, 5.74) is 5.28. The SMILES string of the molecule is CC(C)CCCN.CC(C)CCCO.CCCCC(C)C.CNCCCC(C)C. The molecule has 0 saturated heterocycles. The van der Waals surface area contributed by atoms with Gasteiger partial charge in [0, 0.05) is 6.61 Å². The molecule has 0 spiro atoms. The molecule has 0 saturated carbocycles. The van der Waals surface area contributed by atoms with E-state index in [0.29, 0.717) is 6.61 Å². The van der Waals surface area contributed by atoms with E-state index in [1.807, 2.05) is 7.05 Å². The predicted molar refractivity (Wildman–Crippen MR) is 137 cm³/mol. The molecule has 0 aliphatic heterocycles. The summed E-state index contributed by atoms with van der Waals surface area (Å²) in [6.45, 7) is 22.4. The van der Waals surface area contributed by atoms with Gasteiger partial charge in [-0.2, -0.15) is 0 Å². The van der Waals surface area contributed by atoms with Gasteiger partial charge in [-0.15, -0.1) is 0 Å². The Balaban J connectivity index is -0.000000144. The van der Waals surface area contributed by atoms with Crippen LogP contribution in [0.1, 0.15) is 120 Å². The average molecular weight is 419 g/mol.